The van der Waals surface area contributed by atoms with Crippen molar-refractivity contribution in [1.29, 1.82) is 0 Å². The molecule has 0 amide bonds. The monoisotopic (exact) mass is 538 g/mol. The Labute approximate surface area is 219 Å². The Hall–Kier alpha value is -2.48. The average molecular weight is 539 g/mol. The molecule has 0 bridgehead atoms. The molecule has 1 atom stereocenters. The molecule has 0 aromatic heterocycles. The van der Waals surface area contributed by atoms with Crippen molar-refractivity contribution in [2.45, 2.75) is 76.7 Å². The van der Waals surface area contributed by atoms with E-state index < -0.39 is 57.6 Å². The second-order valence-electron chi connectivity index (χ2n) is 10.6. The van der Waals surface area contributed by atoms with Gasteiger partial charge in [-0.1, -0.05) is 38.0 Å². The first-order chi connectivity index (χ1) is 18.1. The molecule has 8 heteroatoms. The first-order valence-corrected chi connectivity index (χ1v) is 13.5. The van der Waals surface area contributed by atoms with E-state index in [9.17, 15) is 4.39 Å². The molecular formula is C30H32F6O2. The summed E-state index contributed by atoms with van der Waals surface area (Å²) in [4.78, 5) is 0. The minimum atomic E-state index is -4.98. The van der Waals surface area contributed by atoms with Gasteiger partial charge in [0.05, 0.1) is 30.4 Å². The van der Waals surface area contributed by atoms with Crippen molar-refractivity contribution in [1.82, 2.24) is 0 Å². The predicted octanol–water partition coefficient (Wildman–Crippen LogP) is 9.22. The Morgan fingerprint density at radius 2 is 1.50 bits per heavy atom. The Bertz CT molecular complexity index is 1230. The van der Waals surface area contributed by atoms with Crippen LogP contribution in [0, 0.1) is 23.5 Å². The van der Waals surface area contributed by atoms with Gasteiger partial charge >= 0.3 is 11.8 Å². The van der Waals surface area contributed by atoms with Crippen LogP contribution in [0.15, 0.2) is 35.9 Å². The van der Waals surface area contributed by atoms with E-state index in [1.54, 1.807) is 0 Å². The molecule has 1 fully saturated rings. The zero-order valence-corrected chi connectivity index (χ0v) is 21.6. The number of rotatable bonds is 6. The third kappa shape index (κ3) is 4.33. The Kier molecular flexibility index (Phi) is 7.31. The van der Waals surface area contributed by atoms with Gasteiger partial charge in [0.1, 0.15) is 5.82 Å². The normalized spacial score (nSPS) is 25.8. The number of hydrogen-bond acceptors (Lipinski definition) is 2. The summed E-state index contributed by atoms with van der Waals surface area (Å²) in [6.07, 6.45) is 8.26. The van der Waals surface area contributed by atoms with Crippen LogP contribution in [0.5, 0.6) is 5.75 Å². The summed E-state index contributed by atoms with van der Waals surface area (Å²) in [5.41, 5.74) is -2.91. The van der Waals surface area contributed by atoms with Crippen molar-refractivity contribution < 1.29 is 35.8 Å². The number of hydrogen-bond donors (Lipinski definition) is 0. The van der Waals surface area contributed by atoms with Crippen LogP contribution in [0.4, 0.5) is 26.3 Å². The Morgan fingerprint density at radius 1 is 0.868 bits per heavy atom. The van der Waals surface area contributed by atoms with Crippen molar-refractivity contribution in [3.63, 3.8) is 0 Å². The first-order valence-electron chi connectivity index (χ1n) is 13.5. The molecule has 0 saturated heterocycles. The third-order valence-corrected chi connectivity index (χ3v) is 8.35. The molecule has 2 aromatic rings. The van der Waals surface area contributed by atoms with Crippen LogP contribution in [0.2, 0.25) is 0 Å². The average Bonchev–Trinajstić information content (AvgIpc) is 2.89. The van der Waals surface area contributed by atoms with Gasteiger partial charge in [0.2, 0.25) is 0 Å². The molecule has 1 aliphatic heterocycles. The number of ether oxygens (including phenoxy) is 2. The molecule has 2 aromatic carbocycles. The van der Waals surface area contributed by atoms with E-state index in [1.165, 1.54) is 25.8 Å². The fraction of sp³-hybridized carbons (Fsp3) is 0.533. The van der Waals surface area contributed by atoms with E-state index in [2.05, 4.69) is 6.92 Å². The summed E-state index contributed by atoms with van der Waals surface area (Å²) >= 11 is 0. The second-order valence-corrected chi connectivity index (χ2v) is 10.6. The van der Waals surface area contributed by atoms with Crippen LogP contribution in [0.1, 0.15) is 81.6 Å². The first kappa shape index (κ1) is 27.1. The lowest BCUT2D eigenvalue weighted by molar-refractivity contribution is -0.228. The van der Waals surface area contributed by atoms with Gasteiger partial charge in [0.25, 0.3) is 0 Å². The van der Waals surface area contributed by atoms with Crippen molar-refractivity contribution in [3.05, 3.63) is 64.2 Å². The molecule has 3 aliphatic rings. The maximum atomic E-state index is 15.7. The summed E-state index contributed by atoms with van der Waals surface area (Å²) in [5, 5.41) is 0. The molecule has 1 saturated carbocycles. The van der Waals surface area contributed by atoms with Crippen molar-refractivity contribution in [2.75, 3.05) is 13.2 Å². The van der Waals surface area contributed by atoms with Gasteiger partial charge in [-0.2, -0.15) is 17.6 Å². The van der Waals surface area contributed by atoms with Gasteiger partial charge in [0, 0.05) is 5.56 Å². The van der Waals surface area contributed by atoms with E-state index in [4.69, 9.17) is 9.47 Å². The molecule has 1 unspecified atom stereocenters. The highest BCUT2D eigenvalue weighted by atomic mass is 19.3. The van der Waals surface area contributed by atoms with Gasteiger partial charge in [-0.3, -0.25) is 0 Å². The summed E-state index contributed by atoms with van der Waals surface area (Å²) in [6, 6.07) is 4.61. The van der Waals surface area contributed by atoms with Crippen LogP contribution in [0.25, 0.3) is 11.1 Å². The van der Waals surface area contributed by atoms with E-state index in [0.29, 0.717) is 5.92 Å². The molecule has 1 heterocycles. The van der Waals surface area contributed by atoms with Crippen molar-refractivity contribution >= 4 is 0 Å². The summed E-state index contributed by atoms with van der Waals surface area (Å²) < 4.78 is 102. The quantitative estimate of drug-likeness (QED) is 0.270. The maximum absolute atomic E-state index is 15.7. The molecule has 0 radical (unpaired) electrons. The lowest BCUT2D eigenvalue weighted by Gasteiger charge is -2.36. The van der Waals surface area contributed by atoms with Crippen LogP contribution >= 0.6 is 0 Å². The highest BCUT2D eigenvalue weighted by Gasteiger charge is 2.65. The summed E-state index contributed by atoms with van der Waals surface area (Å²) in [7, 11) is 0. The highest BCUT2D eigenvalue weighted by Crippen LogP contribution is 2.60. The fourth-order valence-corrected chi connectivity index (χ4v) is 6.36. The highest BCUT2D eigenvalue weighted by molar-refractivity contribution is 5.77. The fourth-order valence-electron chi connectivity index (χ4n) is 6.36. The smallest absolute Gasteiger partial charge is 0.343 e. The van der Waals surface area contributed by atoms with E-state index in [-0.39, 0.29) is 25.2 Å². The number of benzene rings is 2. The zero-order valence-electron chi connectivity index (χ0n) is 21.6. The SMILES string of the molecule is CCCC1CCC(C2=CCC(c3ccc4c(c3F)C(F)(F)C(F)(F)c3c-4ccc(OCC)c3F)OC2)CC1. The maximum Gasteiger partial charge on any atom is 0.343 e. The van der Waals surface area contributed by atoms with Gasteiger partial charge in [0.15, 0.2) is 11.6 Å². The lowest BCUT2D eigenvalue weighted by Crippen LogP contribution is -2.41. The standard InChI is InChI=1S/C30H32F6O2/c1-3-5-17-6-8-18(9-7-17)19-10-14-23(38-16-19)22-12-11-20-21-13-15-24(37-4-2)28(32)26(21)30(35,36)29(33,34)25(20)27(22)31/h10-13,15,17-18,23H,3-9,14,16H2,1-2H3. The second kappa shape index (κ2) is 10.2. The van der Waals surface area contributed by atoms with Gasteiger partial charge in [-0.15, -0.1) is 0 Å². The molecule has 0 spiro atoms. The lowest BCUT2D eigenvalue weighted by atomic mass is 9.76. The zero-order chi connectivity index (χ0) is 27.2. The van der Waals surface area contributed by atoms with Crippen molar-refractivity contribution in [3.8, 4) is 16.9 Å². The van der Waals surface area contributed by atoms with Gasteiger partial charge < -0.3 is 9.47 Å². The topological polar surface area (TPSA) is 18.5 Å². The van der Waals surface area contributed by atoms with Crippen LogP contribution in [0.3, 0.4) is 0 Å². The minimum Gasteiger partial charge on any atom is -0.491 e. The largest absolute Gasteiger partial charge is 0.491 e. The number of halogens is 6. The molecule has 206 valence electrons. The van der Waals surface area contributed by atoms with E-state index in [1.807, 2.05) is 6.08 Å². The van der Waals surface area contributed by atoms with Crippen molar-refractivity contribution in [2.24, 2.45) is 11.8 Å². The summed E-state index contributed by atoms with van der Waals surface area (Å²) in [6.45, 7) is 3.92. The van der Waals surface area contributed by atoms with Crippen LogP contribution < -0.4 is 4.74 Å². The van der Waals surface area contributed by atoms with Gasteiger partial charge in [-0.05, 0) is 79.7 Å². The van der Waals surface area contributed by atoms with Crippen LogP contribution in [-0.4, -0.2) is 13.2 Å². The van der Waals surface area contributed by atoms with Gasteiger partial charge in [-0.25, -0.2) is 8.78 Å². The molecule has 0 N–H and O–H groups in total. The van der Waals surface area contributed by atoms with Crippen LogP contribution in [-0.2, 0) is 16.6 Å². The molecule has 5 rings (SSSR count). The Balaban J connectivity index is 1.46. The Morgan fingerprint density at radius 3 is 2.08 bits per heavy atom. The molecule has 38 heavy (non-hydrogen) atoms. The number of alkyl halides is 4. The third-order valence-electron chi connectivity index (χ3n) is 8.35. The number of fused-ring (bicyclic) bond motifs is 3. The molecular weight excluding hydrogens is 506 g/mol. The summed E-state index contributed by atoms with van der Waals surface area (Å²) in [5.74, 6) is -12.4. The minimum absolute atomic E-state index is 0.0378. The predicted molar refractivity (Wildman–Crippen MR) is 132 cm³/mol. The van der Waals surface area contributed by atoms with E-state index >= 15 is 22.0 Å². The molecule has 2 nitrogen and oxygen atoms in total. The molecule has 2 aliphatic carbocycles. The van der Waals surface area contributed by atoms with E-state index in [0.717, 1.165) is 55.4 Å².